The van der Waals surface area contributed by atoms with Gasteiger partial charge >= 0.3 is 0 Å². The highest BCUT2D eigenvalue weighted by molar-refractivity contribution is 9.10. The molecule has 1 aromatic heterocycles. The topological polar surface area (TPSA) is 62.2 Å². The van der Waals surface area contributed by atoms with Crippen LogP contribution in [0.25, 0.3) is 0 Å². The van der Waals surface area contributed by atoms with Gasteiger partial charge in [-0.15, -0.1) is 0 Å². The minimum atomic E-state index is -0.525. The molecule has 2 aromatic rings. The molecule has 2 rings (SSSR count). The second-order valence-corrected chi connectivity index (χ2v) is 5.93. The van der Waals surface area contributed by atoms with Crippen molar-refractivity contribution in [3.63, 3.8) is 0 Å². The van der Waals surface area contributed by atoms with Crippen LogP contribution in [0.4, 0.5) is 0 Å². The molecular formula is C15H15BrN2O2. The Hall–Kier alpha value is -1.88. The zero-order chi connectivity index (χ0) is 14.8. The molecule has 0 atom stereocenters. The van der Waals surface area contributed by atoms with E-state index in [4.69, 9.17) is 0 Å². The van der Waals surface area contributed by atoms with Crippen molar-refractivity contribution in [2.24, 2.45) is 0 Å². The highest BCUT2D eigenvalue weighted by Crippen LogP contribution is 2.23. The number of hydrogen-bond acceptors (Lipinski definition) is 3. The van der Waals surface area contributed by atoms with E-state index in [0.717, 1.165) is 10.0 Å². The SMILES string of the molecule is CC(C)(NC(=O)c1cncc(O)c1)c1ccc(Br)cc1. The molecular weight excluding hydrogens is 320 g/mol. The Kier molecular flexibility index (Phi) is 4.09. The first-order chi connectivity index (χ1) is 9.38. The largest absolute Gasteiger partial charge is 0.506 e. The smallest absolute Gasteiger partial charge is 0.253 e. The highest BCUT2D eigenvalue weighted by Gasteiger charge is 2.23. The van der Waals surface area contributed by atoms with Crippen LogP contribution in [0.15, 0.2) is 47.2 Å². The molecule has 104 valence electrons. The third-order valence-corrected chi connectivity index (χ3v) is 3.51. The van der Waals surface area contributed by atoms with Crippen LogP contribution in [-0.4, -0.2) is 16.0 Å². The van der Waals surface area contributed by atoms with Gasteiger partial charge < -0.3 is 10.4 Å². The van der Waals surface area contributed by atoms with Gasteiger partial charge in [0, 0.05) is 10.7 Å². The Morgan fingerprint density at radius 3 is 2.50 bits per heavy atom. The lowest BCUT2D eigenvalue weighted by atomic mass is 9.94. The quantitative estimate of drug-likeness (QED) is 0.905. The number of rotatable bonds is 3. The molecule has 0 spiro atoms. The number of halogens is 1. The van der Waals surface area contributed by atoms with Gasteiger partial charge in [-0.25, -0.2) is 0 Å². The first-order valence-corrected chi connectivity index (χ1v) is 6.90. The fourth-order valence-corrected chi connectivity index (χ4v) is 2.11. The number of benzene rings is 1. The molecule has 4 nitrogen and oxygen atoms in total. The molecule has 1 amide bonds. The molecule has 0 saturated heterocycles. The molecule has 1 aromatic carbocycles. The van der Waals surface area contributed by atoms with Crippen molar-refractivity contribution in [2.45, 2.75) is 19.4 Å². The molecule has 20 heavy (non-hydrogen) atoms. The third-order valence-electron chi connectivity index (χ3n) is 2.98. The average Bonchev–Trinajstić information content (AvgIpc) is 2.38. The van der Waals surface area contributed by atoms with Gasteiger partial charge in [0.05, 0.1) is 17.3 Å². The molecule has 5 heteroatoms. The number of amides is 1. The maximum absolute atomic E-state index is 12.2. The van der Waals surface area contributed by atoms with Gasteiger partial charge in [0.15, 0.2) is 0 Å². The van der Waals surface area contributed by atoms with Crippen LogP contribution in [0.1, 0.15) is 29.8 Å². The second kappa shape index (κ2) is 5.63. The summed E-state index contributed by atoms with van der Waals surface area (Å²) in [5.41, 5.74) is 0.792. The van der Waals surface area contributed by atoms with E-state index in [1.54, 1.807) is 0 Å². The molecule has 0 saturated carbocycles. The highest BCUT2D eigenvalue weighted by atomic mass is 79.9. The molecule has 2 N–H and O–H groups in total. The minimum absolute atomic E-state index is 0.0286. The van der Waals surface area contributed by atoms with Crippen molar-refractivity contribution in [1.29, 1.82) is 0 Å². The van der Waals surface area contributed by atoms with Gasteiger partial charge in [-0.1, -0.05) is 28.1 Å². The summed E-state index contributed by atoms with van der Waals surface area (Å²) in [7, 11) is 0. The predicted octanol–water partition coefficient (Wildman–Crippen LogP) is 3.21. The van der Waals surface area contributed by atoms with E-state index in [9.17, 15) is 9.90 Å². The maximum Gasteiger partial charge on any atom is 0.253 e. The van der Waals surface area contributed by atoms with Gasteiger partial charge in [0.2, 0.25) is 0 Å². The summed E-state index contributed by atoms with van der Waals surface area (Å²) in [6.45, 7) is 3.84. The minimum Gasteiger partial charge on any atom is -0.506 e. The van der Waals surface area contributed by atoms with Crippen LogP contribution in [0, 0.1) is 0 Å². The standard InChI is InChI=1S/C15H15BrN2O2/c1-15(2,11-3-5-12(16)6-4-11)18-14(20)10-7-13(19)9-17-8-10/h3-9,19H,1-2H3,(H,18,20). The van der Waals surface area contributed by atoms with E-state index in [-0.39, 0.29) is 11.7 Å². The molecule has 0 bridgehead atoms. The van der Waals surface area contributed by atoms with E-state index in [1.807, 2.05) is 38.1 Å². The van der Waals surface area contributed by atoms with Gasteiger partial charge in [0.25, 0.3) is 5.91 Å². The van der Waals surface area contributed by atoms with E-state index in [2.05, 4.69) is 26.2 Å². The Morgan fingerprint density at radius 2 is 1.90 bits per heavy atom. The number of aromatic hydroxyl groups is 1. The number of aromatic nitrogens is 1. The maximum atomic E-state index is 12.2. The average molecular weight is 335 g/mol. The first kappa shape index (κ1) is 14.5. The summed E-state index contributed by atoms with van der Waals surface area (Å²) in [6, 6.07) is 9.15. The van der Waals surface area contributed by atoms with Crippen LogP contribution in [-0.2, 0) is 5.54 Å². The van der Waals surface area contributed by atoms with Crippen molar-refractivity contribution in [1.82, 2.24) is 10.3 Å². The van der Waals surface area contributed by atoms with Crippen LogP contribution < -0.4 is 5.32 Å². The summed E-state index contributed by atoms with van der Waals surface area (Å²) in [5.74, 6) is -0.305. The lowest BCUT2D eigenvalue weighted by molar-refractivity contribution is 0.0911. The van der Waals surface area contributed by atoms with Crippen molar-refractivity contribution >= 4 is 21.8 Å². The van der Waals surface area contributed by atoms with E-state index in [0.29, 0.717) is 5.56 Å². The van der Waals surface area contributed by atoms with E-state index in [1.165, 1.54) is 18.5 Å². The first-order valence-electron chi connectivity index (χ1n) is 6.11. The second-order valence-electron chi connectivity index (χ2n) is 5.02. The summed E-state index contributed by atoms with van der Waals surface area (Å²) in [6.07, 6.45) is 2.71. The van der Waals surface area contributed by atoms with Crippen molar-refractivity contribution < 1.29 is 9.90 Å². The molecule has 0 fully saturated rings. The Balaban J connectivity index is 2.19. The number of carbonyl (C=O) groups excluding carboxylic acids is 1. The zero-order valence-electron chi connectivity index (χ0n) is 11.2. The van der Waals surface area contributed by atoms with Gasteiger partial charge in [-0.2, -0.15) is 0 Å². The number of hydrogen-bond donors (Lipinski definition) is 2. The Bertz CT molecular complexity index is 624. The molecule has 0 unspecified atom stereocenters. The van der Waals surface area contributed by atoms with Crippen LogP contribution in [0.5, 0.6) is 5.75 Å². The Labute approximate surface area is 126 Å². The summed E-state index contributed by atoms with van der Waals surface area (Å²) < 4.78 is 0.987. The summed E-state index contributed by atoms with van der Waals surface area (Å²) in [4.78, 5) is 16.0. The van der Waals surface area contributed by atoms with E-state index < -0.39 is 5.54 Å². The predicted molar refractivity (Wildman–Crippen MR) is 80.5 cm³/mol. The Morgan fingerprint density at radius 1 is 1.25 bits per heavy atom. The lowest BCUT2D eigenvalue weighted by Gasteiger charge is -2.27. The van der Waals surface area contributed by atoms with Crippen LogP contribution in [0.2, 0.25) is 0 Å². The lowest BCUT2D eigenvalue weighted by Crippen LogP contribution is -2.41. The van der Waals surface area contributed by atoms with E-state index >= 15 is 0 Å². The van der Waals surface area contributed by atoms with Crippen molar-refractivity contribution in [2.75, 3.05) is 0 Å². The monoisotopic (exact) mass is 334 g/mol. The molecule has 1 heterocycles. The van der Waals surface area contributed by atoms with Gasteiger partial charge in [-0.3, -0.25) is 9.78 Å². The number of nitrogens with zero attached hydrogens (tertiary/aromatic N) is 1. The molecule has 0 aliphatic carbocycles. The summed E-state index contributed by atoms with van der Waals surface area (Å²) >= 11 is 3.38. The molecule has 0 radical (unpaired) electrons. The molecule has 0 aliphatic heterocycles. The number of nitrogens with one attached hydrogen (secondary N) is 1. The van der Waals surface area contributed by atoms with Gasteiger partial charge in [-0.05, 0) is 37.6 Å². The number of pyridine rings is 1. The van der Waals surface area contributed by atoms with Crippen LogP contribution in [0.3, 0.4) is 0 Å². The number of carbonyl (C=O) groups is 1. The summed E-state index contributed by atoms with van der Waals surface area (Å²) in [5, 5.41) is 12.3. The third kappa shape index (κ3) is 3.36. The van der Waals surface area contributed by atoms with Crippen molar-refractivity contribution in [3.8, 4) is 5.75 Å². The normalized spacial score (nSPS) is 11.2. The van der Waals surface area contributed by atoms with Gasteiger partial charge in [0.1, 0.15) is 5.75 Å². The fraction of sp³-hybridized carbons (Fsp3) is 0.200. The molecule has 0 aliphatic rings. The van der Waals surface area contributed by atoms with Crippen LogP contribution >= 0.6 is 15.9 Å². The fourth-order valence-electron chi connectivity index (χ4n) is 1.85. The van der Waals surface area contributed by atoms with Crippen molar-refractivity contribution in [3.05, 3.63) is 58.3 Å². The zero-order valence-corrected chi connectivity index (χ0v) is 12.8.